The maximum atomic E-state index is 9.34. The van der Waals surface area contributed by atoms with E-state index in [0.29, 0.717) is 22.8 Å². The van der Waals surface area contributed by atoms with E-state index in [0.717, 1.165) is 13.0 Å². The summed E-state index contributed by atoms with van der Waals surface area (Å²) < 4.78 is 0. The molecule has 0 aliphatic heterocycles. The minimum atomic E-state index is -0.767. The molecule has 1 heterocycles. The minimum absolute atomic E-state index is 0.264. The molecule has 19 heavy (non-hydrogen) atoms. The van der Waals surface area contributed by atoms with Gasteiger partial charge < -0.3 is 20.4 Å². The van der Waals surface area contributed by atoms with Crippen LogP contribution in [0.5, 0.6) is 0 Å². The van der Waals surface area contributed by atoms with E-state index in [-0.39, 0.29) is 6.61 Å². The Morgan fingerprint density at radius 2 is 2.05 bits per heavy atom. The summed E-state index contributed by atoms with van der Waals surface area (Å²) in [5.74, 6) is 1.44. The minimum Gasteiger partial charge on any atom is -0.394 e. The van der Waals surface area contributed by atoms with Crippen LogP contribution < -0.4 is 10.2 Å². The van der Waals surface area contributed by atoms with Gasteiger partial charge in [0.05, 0.1) is 12.7 Å². The average molecular weight is 287 g/mol. The molecule has 1 rings (SSSR count). The molecule has 0 fully saturated rings. The van der Waals surface area contributed by atoms with Crippen LogP contribution in [0.4, 0.5) is 11.9 Å². The maximum Gasteiger partial charge on any atom is 0.230 e. The SMILES string of the molecule is CCCNc1nc(SCC(O)CO)nc(N(C)C)n1. The zero-order valence-corrected chi connectivity index (χ0v) is 12.3. The Morgan fingerprint density at radius 3 is 2.63 bits per heavy atom. The van der Waals surface area contributed by atoms with E-state index >= 15 is 0 Å². The summed E-state index contributed by atoms with van der Waals surface area (Å²) in [6, 6.07) is 0. The van der Waals surface area contributed by atoms with Crippen molar-refractivity contribution in [3.8, 4) is 0 Å². The van der Waals surface area contributed by atoms with E-state index in [1.807, 2.05) is 14.1 Å². The number of hydrogen-bond donors (Lipinski definition) is 3. The van der Waals surface area contributed by atoms with Crippen LogP contribution in [0.3, 0.4) is 0 Å². The molecule has 0 radical (unpaired) electrons. The van der Waals surface area contributed by atoms with Crippen LogP contribution in [0.2, 0.25) is 0 Å². The van der Waals surface area contributed by atoms with E-state index in [9.17, 15) is 5.11 Å². The van der Waals surface area contributed by atoms with Gasteiger partial charge in [0.2, 0.25) is 11.9 Å². The van der Waals surface area contributed by atoms with Gasteiger partial charge in [-0.25, -0.2) is 0 Å². The van der Waals surface area contributed by atoms with Crippen molar-refractivity contribution in [1.29, 1.82) is 0 Å². The van der Waals surface area contributed by atoms with Crippen molar-refractivity contribution in [3.63, 3.8) is 0 Å². The van der Waals surface area contributed by atoms with Gasteiger partial charge in [-0.05, 0) is 6.42 Å². The van der Waals surface area contributed by atoms with Crippen LogP contribution in [0.15, 0.2) is 5.16 Å². The van der Waals surface area contributed by atoms with Crippen LogP contribution in [-0.4, -0.2) is 64.3 Å². The van der Waals surface area contributed by atoms with Gasteiger partial charge >= 0.3 is 0 Å². The fourth-order valence-electron chi connectivity index (χ4n) is 1.15. The number of anilines is 2. The molecule has 0 aromatic carbocycles. The zero-order valence-electron chi connectivity index (χ0n) is 11.5. The molecule has 0 saturated carbocycles. The predicted molar refractivity (Wildman–Crippen MR) is 76.8 cm³/mol. The van der Waals surface area contributed by atoms with E-state index in [4.69, 9.17) is 5.11 Å². The first-order valence-electron chi connectivity index (χ1n) is 6.15. The predicted octanol–water partition coefficient (Wildman–Crippen LogP) is 0.205. The molecule has 0 aliphatic rings. The lowest BCUT2D eigenvalue weighted by Gasteiger charge is -2.13. The van der Waals surface area contributed by atoms with Gasteiger partial charge in [-0.2, -0.15) is 15.0 Å². The Hall–Kier alpha value is -1.12. The van der Waals surface area contributed by atoms with Crippen molar-refractivity contribution in [2.75, 3.05) is 43.2 Å². The van der Waals surface area contributed by atoms with Crippen LogP contribution in [0.25, 0.3) is 0 Å². The van der Waals surface area contributed by atoms with Crippen molar-refractivity contribution in [3.05, 3.63) is 0 Å². The molecule has 0 amide bonds. The highest BCUT2D eigenvalue weighted by Gasteiger charge is 2.10. The summed E-state index contributed by atoms with van der Waals surface area (Å²) >= 11 is 1.29. The maximum absolute atomic E-state index is 9.34. The molecule has 8 heteroatoms. The Kier molecular flexibility index (Phi) is 6.82. The van der Waals surface area contributed by atoms with E-state index in [1.165, 1.54) is 11.8 Å². The van der Waals surface area contributed by atoms with E-state index in [1.54, 1.807) is 4.90 Å². The normalized spacial score (nSPS) is 12.3. The topological polar surface area (TPSA) is 94.4 Å². The van der Waals surface area contributed by atoms with Gasteiger partial charge in [0.1, 0.15) is 0 Å². The quantitative estimate of drug-likeness (QED) is 0.584. The number of hydrogen-bond acceptors (Lipinski definition) is 8. The highest BCUT2D eigenvalue weighted by molar-refractivity contribution is 7.99. The Morgan fingerprint density at radius 1 is 1.32 bits per heavy atom. The van der Waals surface area contributed by atoms with E-state index < -0.39 is 6.10 Å². The van der Waals surface area contributed by atoms with Gasteiger partial charge in [0.15, 0.2) is 5.16 Å². The molecule has 0 aliphatic carbocycles. The van der Waals surface area contributed by atoms with Crippen LogP contribution in [0, 0.1) is 0 Å². The highest BCUT2D eigenvalue weighted by Crippen LogP contribution is 2.18. The fourth-order valence-corrected chi connectivity index (χ4v) is 1.89. The third kappa shape index (κ3) is 5.58. The molecule has 0 bridgehead atoms. The number of rotatable bonds is 8. The summed E-state index contributed by atoms with van der Waals surface area (Å²) in [7, 11) is 3.71. The molecule has 108 valence electrons. The lowest BCUT2D eigenvalue weighted by atomic mass is 10.4. The molecule has 0 saturated heterocycles. The second-order valence-electron chi connectivity index (χ2n) is 4.21. The number of aromatic nitrogens is 3. The smallest absolute Gasteiger partial charge is 0.230 e. The summed E-state index contributed by atoms with van der Waals surface area (Å²) in [5.41, 5.74) is 0. The van der Waals surface area contributed by atoms with Crippen molar-refractivity contribution in [1.82, 2.24) is 15.0 Å². The second kappa shape index (κ2) is 8.13. The Bertz CT molecular complexity index is 391. The van der Waals surface area contributed by atoms with Crippen molar-refractivity contribution >= 4 is 23.7 Å². The van der Waals surface area contributed by atoms with Crippen molar-refractivity contribution < 1.29 is 10.2 Å². The monoisotopic (exact) mass is 287 g/mol. The van der Waals surface area contributed by atoms with Gasteiger partial charge in [-0.15, -0.1) is 0 Å². The lowest BCUT2D eigenvalue weighted by Crippen LogP contribution is -2.17. The summed E-state index contributed by atoms with van der Waals surface area (Å²) in [6.07, 6.45) is 0.214. The second-order valence-corrected chi connectivity index (χ2v) is 5.20. The number of aliphatic hydroxyl groups excluding tert-OH is 2. The van der Waals surface area contributed by atoms with Gasteiger partial charge in [0, 0.05) is 26.4 Å². The first kappa shape index (κ1) is 15.9. The zero-order chi connectivity index (χ0) is 14.3. The number of thioether (sulfide) groups is 1. The molecule has 3 N–H and O–H groups in total. The van der Waals surface area contributed by atoms with Crippen molar-refractivity contribution in [2.45, 2.75) is 24.6 Å². The molecule has 7 nitrogen and oxygen atoms in total. The van der Waals surface area contributed by atoms with Gasteiger partial charge in [-0.3, -0.25) is 0 Å². The number of aliphatic hydroxyl groups is 2. The Labute approximate surface area is 117 Å². The van der Waals surface area contributed by atoms with Crippen LogP contribution >= 0.6 is 11.8 Å². The molecule has 1 aromatic heterocycles. The first-order valence-corrected chi connectivity index (χ1v) is 7.14. The van der Waals surface area contributed by atoms with Crippen LogP contribution in [0.1, 0.15) is 13.3 Å². The molecular weight excluding hydrogens is 266 g/mol. The lowest BCUT2D eigenvalue weighted by molar-refractivity contribution is 0.113. The molecule has 0 spiro atoms. The molecule has 1 unspecified atom stereocenters. The van der Waals surface area contributed by atoms with Gasteiger partial charge in [0.25, 0.3) is 0 Å². The number of nitrogens with zero attached hydrogens (tertiary/aromatic N) is 4. The van der Waals surface area contributed by atoms with Gasteiger partial charge in [-0.1, -0.05) is 18.7 Å². The average Bonchev–Trinajstić information content (AvgIpc) is 2.42. The highest BCUT2D eigenvalue weighted by atomic mass is 32.2. The molecule has 1 aromatic rings. The third-order valence-corrected chi connectivity index (χ3v) is 3.14. The third-order valence-electron chi connectivity index (χ3n) is 2.15. The first-order chi connectivity index (χ1) is 9.06. The fraction of sp³-hybridized carbons (Fsp3) is 0.727. The van der Waals surface area contributed by atoms with E-state index in [2.05, 4.69) is 27.2 Å². The largest absolute Gasteiger partial charge is 0.394 e. The Balaban J connectivity index is 2.80. The molecular formula is C11H21N5O2S. The summed E-state index contributed by atoms with van der Waals surface area (Å²) in [6.45, 7) is 2.59. The number of nitrogens with one attached hydrogen (secondary N) is 1. The standard InChI is InChI=1S/C11H21N5O2S/c1-4-5-12-9-13-10(16(2)3)15-11(14-9)19-7-8(18)6-17/h8,17-18H,4-7H2,1-3H3,(H,12,13,14,15). The summed E-state index contributed by atoms with van der Waals surface area (Å²) in [4.78, 5) is 14.6. The molecule has 1 atom stereocenters. The summed E-state index contributed by atoms with van der Waals surface area (Å²) in [5, 5.41) is 21.8. The van der Waals surface area contributed by atoms with Crippen molar-refractivity contribution in [2.24, 2.45) is 0 Å². The van der Waals surface area contributed by atoms with Crippen LogP contribution in [-0.2, 0) is 0 Å².